The maximum Gasteiger partial charge on any atom is 0.501 e. The summed E-state index contributed by atoms with van der Waals surface area (Å²) < 4.78 is 52.4. The van der Waals surface area contributed by atoms with E-state index in [1.54, 1.807) is 20.8 Å². The van der Waals surface area contributed by atoms with Gasteiger partial charge in [0.15, 0.2) is 0 Å². The molecule has 0 radical (unpaired) electrons. The Bertz CT molecular complexity index is 174. The van der Waals surface area contributed by atoms with Gasteiger partial charge in [0.25, 0.3) is 0 Å². The largest absolute Gasteiger partial charge is 0.501 e. The van der Waals surface area contributed by atoms with Crippen LogP contribution in [0.5, 0.6) is 0 Å². The third-order valence-corrected chi connectivity index (χ3v) is 4.86. The van der Waals surface area contributed by atoms with Crippen molar-refractivity contribution in [3.05, 3.63) is 0 Å². The minimum Gasteiger partial charge on any atom is -0.374 e. The molecule has 0 rings (SSSR count). The Hall–Kier alpha value is 0.104. The Morgan fingerprint density at radius 2 is 1.24 bits per heavy atom. The predicted octanol–water partition coefficient (Wildman–Crippen LogP) is 1.54. The van der Waals surface area contributed by atoms with Crippen LogP contribution in [0.1, 0.15) is 27.2 Å². The fourth-order valence-corrected chi connectivity index (χ4v) is 3.89. The van der Waals surface area contributed by atoms with Crippen molar-refractivity contribution in [1.82, 2.24) is 0 Å². The minimum atomic E-state index is -4.20. The van der Waals surface area contributed by atoms with Gasteiger partial charge in [0.05, 0.1) is 0 Å². The van der Waals surface area contributed by atoms with Crippen LogP contribution in [-0.4, -0.2) is 45.8 Å². The summed E-state index contributed by atoms with van der Waals surface area (Å²) in [5.74, 6) is 0. The summed E-state index contributed by atoms with van der Waals surface area (Å²) in [5.41, 5.74) is 0. The molecule has 0 aromatic rings. The van der Waals surface area contributed by atoms with Crippen LogP contribution in [0, 0.1) is 0 Å². The van der Waals surface area contributed by atoms with E-state index in [0.29, 0.717) is 19.8 Å². The summed E-state index contributed by atoms with van der Waals surface area (Å²) in [7, 11) is -3.13. The number of alkyl halides is 3. The summed E-state index contributed by atoms with van der Waals surface area (Å²) in [5, 5.41) is 0. The molecule has 0 saturated heterocycles. The maximum atomic E-state index is 12.2. The molecule has 0 amide bonds. The molecule has 17 heavy (non-hydrogen) atoms. The SMILES string of the molecule is CCO[Si](CCC(F)(F)F)(OCC)OCC.[SiH4]. The smallest absolute Gasteiger partial charge is 0.374 e. The number of halogens is 3. The summed E-state index contributed by atoms with van der Waals surface area (Å²) in [4.78, 5) is 0. The van der Waals surface area contributed by atoms with E-state index in [9.17, 15) is 13.2 Å². The fourth-order valence-electron chi connectivity index (χ4n) is 1.30. The molecular formula is C9H23F3O3Si2. The zero-order valence-electron chi connectivity index (χ0n) is 9.89. The predicted molar refractivity (Wildman–Crippen MR) is 67.4 cm³/mol. The van der Waals surface area contributed by atoms with Crippen LogP contribution in [0.2, 0.25) is 6.04 Å². The van der Waals surface area contributed by atoms with Gasteiger partial charge >= 0.3 is 15.0 Å². The monoisotopic (exact) mass is 292 g/mol. The number of hydrogen-bond acceptors (Lipinski definition) is 3. The van der Waals surface area contributed by atoms with E-state index in [4.69, 9.17) is 13.3 Å². The molecule has 106 valence electrons. The first kappa shape index (κ1) is 19.4. The van der Waals surface area contributed by atoms with Crippen molar-refractivity contribution in [2.24, 2.45) is 0 Å². The quantitative estimate of drug-likeness (QED) is 0.635. The minimum absolute atomic E-state index is 0. The van der Waals surface area contributed by atoms with Gasteiger partial charge in [-0.05, 0) is 31.7 Å². The molecule has 0 spiro atoms. The van der Waals surface area contributed by atoms with Crippen molar-refractivity contribution < 1.29 is 26.4 Å². The van der Waals surface area contributed by atoms with Crippen LogP contribution in [0.25, 0.3) is 0 Å². The lowest BCUT2D eigenvalue weighted by atomic mass is 10.5. The van der Waals surface area contributed by atoms with Crippen molar-refractivity contribution in [1.29, 1.82) is 0 Å². The highest BCUT2D eigenvalue weighted by Gasteiger charge is 2.44. The lowest BCUT2D eigenvalue weighted by molar-refractivity contribution is -0.133. The van der Waals surface area contributed by atoms with Crippen molar-refractivity contribution in [3.63, 3.8) is 0 Å². The van der Waals surface area contributed by atoms with Crippen LogP contribution in [0.3, 0.4) is 0 Å². The summed E-state index contributed by atoms with van der Waals surface area (Å²) in [6, 6.07) is -0.216. The number of rotatable bonds is 8. The third kappa shape index (κ3) is 8.78. The molecule has 0 aromatic heterocycles. The molecule has 0 aliphatic carbocycles. The molecule has 0 fully saturated rings. The van der Waals surface area contributed by atoms with Gasteiger partial charge in [0.2, 0.25) is 0 Å². The highest BCUT2D eigenvalue weighted by molar-refractivity contribution is 6.60. The molecular weight excluding hydrogens is 269 g/mol. The molecule has 3 nitrogen and oxygen atoms in total. The van der Waals surface area contributed by atoms with Crippen molar-refractivity contribution in [2.45, 2.75) is 39.4 Å². The first-order chi connectivity index (χ1) is 7.39. The van der Waals surface area contributed by atoms with E-state index in [-0.39, 0.29) is 17.0 Å². The Balaban J connectivity index is 0. The average Bonchev–Trinajstić information content (AvgIpc) is 2.15. The average molecular weight is 292 g/mol. The van der Waals surface area contributed by atoms with Gasteiger partial charge in [0, 0.05) is 32.3 Å². The zero-order valence-corrected chi connectivity index (χ0v) is 10.9. The molecule has 0 bridgehead atoms. The second-order valence-electron chi connectivity index (χ2n) is 3.10. The van der Waals surface area contributed by atoms with E-state index in [2.05, 4.69) is 0 Å². The molecule has 0 N–H and O–H groups in total. The van der Waals surface area contributed by atoms with E-state index < -0.39 is 21.4 Å². The molecule has 0 aromatic carbocycles. The first-order valence-electron chi connectivity index (χ1n) is 5.37. The highest BCUT2D eigenvalue weighted by Crippen LogP contribution is 2.27. The molecule has 0 atom stereocenters. The van der Waals surface area contributed by atoms with Crippen LogP contribution < -0.4 is 0 Å². The van der Waals surface area contributed by atoms with E-state index in [1.165, 1.54) is 0 Å². The topological polar surface area (TPSA) is 27.7 Å². The normalized spacial score (nSPS) is 12.4. The second kappa shape index (κ2) is 9.09. The standard InChI is InChI=1S/C9H19F3O3Si.H4Si/c1-4-13-16(14-5-2,15-6-3)8-7-9(10,11)12;/h4-8H2,1-3H3;1H4. The zero-order chi connectivity index (χ0) is 12.7. The fraction of sp³-hybridized carbons (Fsp3) is 1.00. The third-order valence-electron chi connectivity index (χ3n) is 1.81. The summed E-state index contributed by atoms with van der Waals surface area (Å²) >= 11 is 0. The van der Waals surface area contributed by atoms with Gasteiger partial charge in [-0.25, -0.2) is 0 Å². The van der Waals surface area contributed by atoms with Crippen LogP contribution >= 0.6 is 0 Å². The Morgan fingerprint density at radius 3 is 1.47 bits per heavy atom. The Labute approximate surface area is 106 Å². The molecule has 0 aliphatic rings. The lowest BCUT2D eigenvalue weighted by Gasteiger charge is -2.28. The van der Waals surface area contributed by atoms with Crippen molar-refractivity contribution in [3.8, 4) is 0 Å². The van der Waals surface area contributed by atoms with Crippen LogP contribution in [0.4, 0.5) is 13.2 Å². The Morgan fingerprint density at radius 1 is 0.882 bits per heavy atom. The van der Waals surface area contributed by atoms with Gasteiger partial charge < -0.3 is 13.3 Å². The highest BCUT2D eigenvalue weighted by atomic mass is 28.4. The van der Waals surface area contributed by atoms with Gasteiger partial charge in [0.1, 0.15) is 0 Å². The molecule has 0 heterocycles. The molecule has 0 unspecified atom stereocenters. The van der Waals surface area contributed by atoms with Gasteiger partial charge in [-0.3, -0.25) is 0 Å². The lowest BCUT2D eigenvalue weighted by Crippen LogP contribution is -2.46. The molecule has 0 aliphatic heterocycles. The maximum absolute atomic E-state index is 12.2. The van der Waals surface area contributed by atoms with Gasteiger partial charge in [-0.1, -0.05) is 0 Å². The Kier molecular flexibility index (Phi) is 10.4. The summed E-state index contributed by atoms with van der Waals surface area (Å²) in [6.07, 6.45) is -5.14. The van der Waals surface area contributed by atoms with Crippen LogP contribution in [-0.2, 0) is 13.3 Å². The van der Waals surface area contributed by atoms with E-state index in [1.807, 2.05) is 0 Å². The van der Waals surface area contributed by atoms with Gasteiger partial charge in [-0.2, -0.15) is 13.2 Å². The number of hydrogen-bond donors (Lipinski definition) is 0. The van der Waals surface area contributed by atoms with E-state index in [0.717, 1.165) is 0 Å². The van der Waals surface area contributed by atoms with E-state index >= 15 is 0 Å². The molecule has 8 heteroatoms. The first-order valence-corrected chi connectivity index (χ1v) is 7.31. The van der Waals surface area contributed by atoms with Crippen molar-refractivity contribution in [2.75, 3.05) is 19.8 Å². The van der Waals surface area contributed by atoms with Crippen LogP contribution in [0.15, 0.2) is 0 Å². The summed E-state index contributed by atoms with van der Waals surface area (Å²) in [6.45, 7) is 6.03. The molecule has 0 saturated carbocycles. The van der Waals surface area contributed by atoms with Gasteiger partial charge in [-0.15, -0.1) is 0 Å². The van der Waals surface area contributed by atoms with Crippen molar-refractivity contribution >= 4 is 19.8 Å². The second-order valence-corrected chi connectivity index (χ2v) is 5.83.